The lowest BCUT2D eigenvalue weighted by Crippen LogP contribution is -1.85. The van der Waals surface area contributed by atoms with Gasteiger partial charge in [0.25, 0.3) is 0 Å². The molecule has 0 atom stereocenters. The highest BCUT2D eigenvalue weighted by Crippen LogP contribution is 2.22. The zero-order valence-corrected chi connectivity index (χ0v) is 7.94. The lowest BCUT2D eigenvalue weighted by molar-refractivity contribution is 0.628. The topological polar surface area (TPSA) is 12.9 Å². The minimum atomic E-state index is -0.255. The lowest BCUT2D eigenvalue weighted by atomic mass is 10.0. The van der Waals surface area contributed by atoms with Gasteiger partial charge in [0.05, 0.1) is 5.56 Å². The largest absolute Gasteiger partial charge is 0.263 e. The molecule has 1 aromatic heterocycles. The number of terminal acetylenes is 1. The van der Waals surface area contributed by atoms with Gasteiger partial charge in [-0.1, -0.05) is 18.1 Å². The normalized spacial score (nSPS) is 9.60. The standard InChI is InChI=1S/C13H8FN/c1-2-10-9-15-8-7-13(10)11-3-5-12(14)6-4-11/h1,3-9H. The van der Waals surface area contributed by atoms with Gasteiger partial charge in [-0.15, -0.1) is 6.42 Å². The Morgan fingerprint density at radius 1 is 1.13 bits per heavy atom. The van der Waals surface area contributed by atoms with E-state index < -0.39 is 0 Å². The molecule has 2 heteroatoms. The molecule has 72 valence electrons. The Kier molecular flexibility index (Phi) is 2.47. The Labute approximate surface area is 87.6 Å². The van der Waals surface area contributed by atoms with Crippen molar-refractivity contribution in [1.82, 2.24) is 4.98 Å². The highest BCUT2D eigenvalue weighted by molar-refractivity contribution is 5.69. The van der Waals surface area contributed by atoms with Crippen molar-refractivity contribution < 1.29 is 4.39 Å². The molecule has 0 spiro atoms. The number of aromatic nitrogens is 1. The van der Waals surface area contributed by atoms with Gasteiger partial charge < -0.3 is 0 Å². The van der Waals surface area contributed by atoms with Crippen molar-refractivity contribution in [1.29, 1.82) is 0 Å². The van der Waals surface area contributed by atoms with E-state index in [-0.39, 0.29) is 5.82 Å². The maximum atomic E-state index is 12.7. The molecule has 2 aromatic rings. The van der Waals surface area contributed by atoms with Gasteiger partial charge in [0.15, 0.2) is 0 Å². The predicted molar refractivity (Wildman–Crippen MR) is 57.6 cm³/mol. The van der Waals surface area contributed by atoms with Crippen LogP contribution in [0.5, 0.6) is 0 Å². The molecular formula is C13H8FN. The first-order valence-corrected chi connectivity index (χ1v) is 4.48. The van der Waals surface area contributed by atoms with Crippen LogP contribution in [0.2, 0.25) is 0 Å². The summed E-state index contributed by atoms with van der Waals surface area (Å²) in [6.45, 7) is 0. The Hall–Kier alpha value is -2.14. The van der Waals surface area contributed by atoms with Crippen LogP contribution in [0.1, 0.15) is 5.56 Å². The fourth-order valence-corrected chi connectivity index (χ4v) is 1.39. The van der Waals surface area contributed by atoms with Crippen molar-refractivity contribution in [3.05, 3.63) is 54.1 Å². The number of pyridine rings is 1. The van der Waals surface area contributed by atoms with Crippen molar-refractivity contribution >= 4 is 0 Å². The number of nitrogens with zero attached hydrogens (tertiary/aromatic N) is 1. The molecule has 0 N–H and O–H groups in total. The molecule has 0 bridgehead atoms. The third kappa shape index (κ3) is 1.87. The minimum Gasteiger partial charge on any atom is -0.263 e. The van der Waals surface area contributed by atoms with Crippen LogP contribution in [0.15, 0.2) is 42.7 Å². The number of hydrogen-bond acceptors (Lipinski definition) is 1. The molecular weight excluding hydrogens is 189 g/mol. The van der Waals surface area contributed by atoms with Crippen LogP contribution in [0.3, 0.4) is 0 Å². The molecule has 0 aliphatic heterocycles. The van der Waals surface area contributed by atoms with Gasteiger partial charge >= 0.3 is 0 Å². The Morgan fingerprint density at radius 2 is 1.87 bits per heavy atom. The maximum Gasteiger partial charge on any atom is 0.123 e. The van der Waals surface area contributed by atoms with Gasteiger partial charge in [-0.3, -0.25) is 4.98 Å². The monoisotopic (exact) mass is 197 g/mol. The molecule has 0 unspecified atom stereocenters. The Balaban J connectivity index is 2.55. The van der Waals surface area contributed by atoms with E-state index in [0.29, 0.717) is 5.56 Å². The van der Waals surface area contributed by atoms with Gasteiger partial charge in [-0.25, -0.2) is 4.39 Å². The van der Waals surface area contributed by atoms with Crippen LogP contribution in [0.4, 0.5) is 4.39 Å². The molecule has 0 radical (unpaired) electrons. The van der Waals surface area contributed by atoms with E-state index in [4.69, 9.17) is 6.42 Å². The predicted octanol–water partition coefficient (Wildman–Crippen LogP) is 2.87. The summed E-state index contributed by atoms with van der Waals surface area (Å²) < 4.78 is 12.7. The SMILES string of the molecule is C#Cc1cnccc1-c1ccc(F)cc1. The summed E-state index contributed by atoms with van der Waals surface area (Å²) in [5.41, 5.74) is 2.50. The highest BCUT2D eigenvalue weighted by Gasteiger charge is 2.02. The van der Waals surface area contributed by atoms with Crippen molar-refractivity contribution in [2.75, 3.05) is 0 Å². The second-order valence-corrected chi connectivity index (χ2v) is 3.07. The van der Waals surface area contributed by atoms with Crippen molar-refractivity contribution in [3.8, 4) is 23.5 Å². The molecule has 1 nitrogen and oxygen atoms in total. The summed E-state index contributed by atoms with van der Waals surface area (Å²) in [7, 11) is 0. The molecule has 0 aliphatic rings. The molecule has 0 aliphatic carbocycles. The van der Waals surface area contributed by atoms with Crippen LogP contribution < -0.4 is 0 Å². The summed E-state index contributed by atoms with van der Waals surface area (Å²) in [6.07, 6.45) is 8.64. The van der Waals surface area contributed by atoms with E-state index in [1.165, 1.54) is 12.1 Å². The van der Waals surface area contributed by atoms with Crippen LogP contribution in [-0.2, 0) is 0 Å². The van der Waals surface area contributed by atoms with Gasteiger partial charge in [-0.05, 0) is 23.8 Å². The van der Waals surface area contributed by atoms with Crippen LogP contribution in [0.25, 0.3) is 11.1 Å². The van der Waals surface area contributed by atoms with Crippen molar-refractivity contribution in [3.63, 3.8) is 0 Å². The third-order valence-electron chi connectivity index (χ3n) is 2.13. The highest BCUT2D eigenvalue weighted by atomic mass is 19.1. The molecule has 0 amide bonds. The van der Waals surface area contributed by atoms with E-state index in [2.05, 4.69) is 10.9 Å². The van der Waals surface area contributed by atoms with Crippen LogP contribution >= 0.6 is 0 Å². The Bertz CT molecular complexity index is 509. The zero-order chi connectivity index (χ0) is 10.7. The van der Waals surface area contributed by atoms with Crippen LogP contribution in [-0.4, -0.2) is 4.98 Å². The first kappa shape index (κ1) is 9.42. The summed E-state index contributed by atoms with van der Waals surface area (Å²) in [5.74, 6) is 2.30. The van der Waals surface area contributed by atoms with E-state index in [1.54, 1.807) is 24.5 Å². The molecule has 2 rings (SSSR count). The number of benzene rings is 1. The molecule has 1 heterocycles. The van der Waals surface area contributed by atoms with Crippen molar-refractivity contribution in [2.24, 2.45) is 0 Å². The van der Waals surface area contributed by atoms with Crippen LogP contribution in [0, 0.1) is 18.2 Å². The second-order valence-electron chi connectivity index (χ2n) is 3.07. The fraction of sp³-hybridized carbons (Fsp3) is 0. The molecule has 0 fully saturated rings. The summed E-state index contributed by atoms with van der Waals surface area (Å²) in [4.78, 5) is 3.94. The van der Waals surface area contributed by atoms with Crippen molar-refractivity contribution in [2.45, 2.75) is 0 Å². The summed E-state index contributed by atoms with van der Waals surface area (Å²) >= 11 is 0. The van der Waals surface area contributed by atoms with E-state index in [0.717, 1.165) is 11.1 Å². The van der Waals surface area contributed by atoms with Gasteiger partial charge in [0, 0.05) is 18.0 Å². The van der Waals surface area contributed by atoms with E-state index in [1.807, 2.05) is 6.07 Å². The first-order chi connectivity index (χ1) is 7.31. The van der Waals surface area contributed by atoms with E-state index >= 15 is 0 Å². The zero-order valence-electron chi connectivity index (χ0n) is 7.94. The number of halogens is 1. The summed E-state index contributed by atoms with van der Waals surface area (Å²) in [5, 5.41) is 0. The van der Waals surface area contributed by atoms with Gasteiger partial charge in [-0.2, -0.15) is 0 Å². The maximum absolute atomic E-state index is 12.7. The number of rotatable bonds is 1. The second kappa shape index (κ2) is 3.93. The molecule has 1 aromatic carbocycles. The third-order valence-corrected chi connectivity index (χ3v) is 2.13. The minimum absolute atomic E-state index is 0.255. The van der Waals surface area contributed by atoms with Gasteiger partial charge in [0.2, 0.25) is 0 Å². The lowest BCUT2D eigenvalue weighted by Gasteiger charge is -2.03. The Morgan fingerprint density at radius 3 is 2.53 bits per heavy atom. The average Bonchev–Trinajstić information content (AvgIpc) is 2.30. The van der Waals surface area contributed by atoms with E-state index in [9.17, 15) is 4.39 Å². The smallest absolute Gasteiger partial charge is 0.123 e. The molecule has 15 heavy (non-hydrogen) atoms. The fourth-order valence-electron chi connectivity index (χ4n) is 1.39. The average molecular weight is 197 g/mol. The van der Waals surface area contributed by atoms with Gasteiger partial charge in [0.1, 0.15) is 5.82 Å². The molecule has 0 saturated heterocycles. The first-order valence-electron chi connectivity index (χ1n) is 4.48. The molecule has 0 saturated carbocycles. The quantitative estimate of drug-likeness (QED) is 0.640. The summed E-state index contributed by atoms with van der Waals surface area (Å²) in [6, 6.07) is 8.05. The number of hydrogen-bond donors (Lipinski definition) is 0.